The fourth-order valence-corrected chi connectivity index (χ4v) is 2.39. The van der Waals surface area contributed by atoms with Crippen molar-refractivity contribution in [3.63, 3.8) is 0 Å². The van der Waals surface area contributed by atoms with Gasteiger partial charge in [-0.05, 0) is 20.3 Å². The molecule has 0 spiro atoms. The molecule has 0 bridgehead atoms. The zero-order chi connectivity index (χ0) is 18.9. The highest BCUT2D eigenvalue weighted by Crippen LogP contribution is 2.39. The van der Waals surface area contributed by atoms with Gasteiger partial charge in [0.25, 0.3) is 0 Å². The Hall–Kier alpha value is -2.43. The van der Waals surface area contributed by atoms with E-state index in [-0.39, 0.29) is 25.2 Å². The smallest absolute Gasteiger partial charge is 0.326 e. The Labute approximate surface area is 141 Å². The second kappa shape index (κ2) is 9.65. The lowest BCUT2D eigenvalue weighted by Crippen LogP contribution is -2.46. The quantitative estimate of drug-likeness (QED) is 0.346. The predicted molar refractivity (Wildman–Crippen MR) is 81.3 cm³/mol. The standard InChI is InChI=1S/C16H23NO7/c1-6-24-15(21)16(9-17,8-7-10(2)18)11(3)12(13(19)22-4)14(20)23-5/h11-12H,6-8H2,1-5H3/t11-,16-/m1/s1. The van der Waals surface area contributed by atoms with E-state index in [9.17, 15) is 24.4 Å². The average molecular weight is 341 g/mol. The van der Waals surface area contributed by atoms with Gasteiger partial charge in [0, 0.05) is 12.3 Å². The SMILES string of the molecule is CCOC(=O)[C@@](C#N)(CCC(C)=O)[C@H](C)C(C(=O)OC)C(=O)OC. The summed E-state index contributed by atoms with van der Waals surface area (Å²) < 4.78 is 14.1. The molecule has 0 radical (unpaired) electrons. The third-order valence-corrected chi connectivity index (χ3v) is 3.90. The number of nitrogens with zero attached hydrogens (tertiary/aromatic N) is 1. The molecule has 0 amide bonds. The third-order valence-electron chi connectivity index (χ3n) is 3.90. The van der Waals surface area contributed by atoms with Crippen LogP contribution >= 0.6 is 0 Å². The average Bonchev–Trinajstić information content (AvgIpc) is 2.55. The van der Waals surface area contributed by atoms with E-state index < -0.39 is 35.2 Å². The first-order valence-electron chi connectivity index (χ1n) is 7.45. The van der Waals surface area contributed by atoms with Gasteiger partial charge in [-0.1, -0.05) is 6.92 Å². The molecular formula is C16H23NO7. The fraction of sp³-hybridized carbons (Fsp3) is 0.688. The predicted octanol–water partition coefficient (Wildman–Crippen LogP) is 1.03. The Morgan fingerprint density at radius 1 is 1.12 bits per heavy atom. The molecular weight excluding hydrogens is 318 g/mol. The minimum absolute atomic E-state index is 0.0101. The highest BCUT2D eigenvalue weighted by molar-refractivity contribution is 5.96. The van der Waals surface area contributed by atoms with Gasteiger partial charge in [0.1, 0.15) is 5.78 Å². The zero-order valence-electron chi connectivity index (χ0n) is 14.6. The molecule has 0 rings (SSSR count). The summed E-state index contributed by atoms with van der Waals surface area (Å²) >= 11 is 0. The summed E-state index contributed by atoms with van der Waals surface area (Å²) in [6, 6.07) is 1.85. The summed E-state index contributed by atoms with van der Waals surface area (Å²) in [6.45, 7) is 4.28. The molecule has 2 atom stereocenters. The highest BCUT2D eigenvalue weighted by Gasteiger charge is 2.53. The molecule has 0 heterocycles. The van der Waals surface area contributed by atoms with Gasteiger partial charge in [0.05, 0.1) is 26.9 Å². The molecule has 0 aliphatic heterocycles. The van der Waals surface area contributed by atoms with E-state index in [1.807, 2.05) is 6.07 Å². The first kappa shape index (κ1) is 21.6. The lowest BCUT2D eigenvalue weighted by molar-refractivity contribution is -0.167. The number of ketones is 1. The second-order valence-electron chi connectivity index (χ2n) is 5.32. The van der Waals surface area contributed by atoms with Gasteiger partial charge in [0.15, 0.2) is 11.3 Å². The maximum absolute atomic E-state index is 12.4. The lowest BCUT2D eigenvalue weighted by atomic mass is 9.68. The molecule has 134 valence electrons. The Morgan fingerprint density at radius 3 is 1.96 bits per heavy atom. The molecule has 24 heavy (non-hydrogen) atoms. The molecule has 0 unspecified atom stereocenters. The minimum Gasteiger partial charge on any atom is -0.468 e. The molecule has 0 aromatic rings. The van der Waals surface area contributed by atoms with Crippen molar-refractivity contribution in [2.24, 2.45) is 17.3 Å². The van der Waals surface area contributed by atoms with Gasteiger partial charge in [-0.15, -0.1) is 0 Å². The van der Waals surface area contributed by atoms with Gasteiger partial charge in [-0.3, -0.25) is 14.4 Å². The van der Waals surface area contributed by atoms with Crippen LogP contribution in [-0.2, 0) is 33.4 Å². The van der Waals surface area contributed by atoms with E-state index in [2.05, 4.69) is 9.47 Å². The number of rotatable bonds is 9. The fourth-order valence-electron chi connectivity index (χ4n) is 2.39. The normalized spacial score (nSPS) is 14.0. The Bertz CT molecular complexity index is 521. The summed E-state index contributed by atoms with van der Waals surface area (Å²) in [6.07, 6.45) is -0.255. The van der Waals surface area contributed by atoms with Crippen molar-refractivity contribution in [3.8, 4) is 6.07 Å². The molecule has 0 aliphatic rings. The summed E-state index contributed by atoms with van der Waals surface area (Å²) in [7, 11) is 2.16. The van der Waals surface area contributed by atoms with E-state index in [1.165, 1.54) is 13.8 Å². The van der Waals surface area contributed by atoms with Crippen LogP contribution in [0.3, 0.4) is 0 Å². The minimum atomic E-state index is -1.85. The van der Waals surface area contributed by atoms with Gasteiger partial charge >= 0.3 is 17.9 Å². The number of ether oxygens (including phenoxy) is 3. The maximum Gasteiger partial charge on any atom is 0.326 e. The third kappa shape index (κ3) is 4.78. The first-order chi connectivity index (χ1) is 11.2. The van der Waals surface area contributed by atoms with E-state index in [4.69, 9.17) is 4.74 Å². The number of hydrogen-bond donors (Lipinski definition) is 0. The molecule has 0 aromatic heterocycles. The molecule has 0 aliphatic carbocycles. The van der Waals surface area contributed by atoms with Crippen LogP contribution in [-0.4, -0.2) is 44.5 Å². The number of carbonyl (C=O) groups excluding carboxylic acids is 4. The van der Waals surface area contributed by atoms with Crippen molar-refractivity contribution >= 4 is 23.7 Å². The van der Waals surface area contributed by atoms with Gasteiger partial charge in [-0.2, -0.15) is 5.26 Å². The van der Waals surface area contributed by atoms with Gasteiger partial charge in [0.2, 0.25) is 0 Å². The molecule has 0 N–H and O–H groups in total. The molecule has 8 heteroatoms. The van der Waals surface area contributed by atoms with Gasteiger partial charge in [-0.25, -0.2) is 0 Å². The van der Waals surface area contributed by atoms with Crippen molar-refractivity contribution in [2.45, 2.75) is 33.6 Å². The number of methoxy groups -OCH3 is 2. The summed E-state index contributed by atoms with van der Waals surface area (Å²) in [5.41, 5.74) is -1.85. The summed E-state index contributed by atoms with van der Waals surface area (Å²) in [5.74, 6) is -5.59. The second-order valence-corrected chi connectivity index (χ2v) is 5.32. The lowest BCUT2D eigenvalue weighted by Gasteiger charge is -2.33. The molecule has 0 fully saturated rings. The highest BCUT2D eigenvalue weighted by atomic mass is 16.5. The number of carbonyl (C=O) groups is 4. The zero-order valence-corrected chi connectivity index (χ0v) is 14.6. The van der Waals surface area contributed by atoms with Crippen molar-refractivity contribution < 1.29 is 33.4 Å². The Morgan fingerprint density at radius 2 is 1.62 bits per heavy atom. The van der Waals surface area contributed by atoms with Crippen LogP contribution in [0.2, 0.25) is 0 Å². The summed E-state index contributed by atoms with van der Waals surface area (Å²) in [5, 5.41) is 9.65. The molecule has 0 saturated carbocycles. The number of Topliss-reactive ketones (excluding diaryl/α,β-unsaturated/α-hetero) is 1. The topological polar surface area (TPSA) is 120 Å². The van der Waals surface area contributed by atoms with Crippen LogP contribution in [0.1, 0.15) is 33.6 Å². The van der Waals surface area contributed by atoms with Crippen LogP contribution in [0, 0.1) is 28.6 Å². The number of hydrogen-bond acceptors (Lipinski definition) is 8. The Balaban J connectivity index is 6.01. The van der Waals surface area contributed by atoms with E-state index in [0.717, 1.165) is 14.2 Å². The van der Waals surface area contributed by atoms with Crippen molar-refractivity contribution in [3.05, 3.63) is 0 Å². The van der Waals surface area contributed by atoms with E-state index >= 15 is 0 Å². The van der Waals surface area contributed by atoms with Crippen LogP contribution < -0.4 is 0 Å². The van der Waals surface area contributed by atoms with Crippen LogP contribution in [0.4, 0.5) is 0 Å². The van der Waals surface area contributed by atoms with Crippen LogP contribution in [0.5, 0.6) is 0 Å². The van der Waals surface area contributed by atoms with Crippen LogP contribution in [0.15, 0.2) is 0 Å². The Kier molecular flexibility index (Phi) is 8.67. The van der Waals surface area contributed by atoms with Crippen molar-refractivity contribution in [1.29, 1.82) is 5.26 Å². The number of nitriles is 1. The van der Waals surface area contributed by atoms with E-state index in [0.29, 0.717) is 0 Å². The molecule has 0 saturated heterocycles. The molecule has 0 aromatic carbocycles. The van der Waals surface area contributed by atoms with Crippen molar-refractivity contribution in [2.75, 3.05) is 20.8 Å². The summed E-state index contributed by atoms with van der Waals surface area (Å²) in [4.78, 5) is 47.7. The van der Waals surface area contributed by atoms with E-state index in [1.54, 1.807) is 6.92 Å². The van der Waals surface area contributed by atoms with Gasteiger partial charge < -0.3 is 19.0 Å². The van der Waals surface area contributed by atoms with Crippen molar-refractivity contribution in [1.82, 2.24) is 0 Å². The monoisotopic (exact) mass is 341 g/mol. The first-order valence-corrected chi connectivity index (χ1v) is 7.45. The largest absolute Gasteiger partial charge is 0.468 e. The van der Waals surface area contributed by atoms with Crippen LogP contribution in [0.25, 0.3) is 0 Å². The molecule has 8 nitrogen and oxygen atoms in total. The maximum atomic E-state index is 12.4. The number of esters is 3.